The van der Waals surface area contributed by atoms with Crippen LogP contribution in [0.2, 0.25) is 0 Å². The number of nitrogens with one attached hydrogen (secondary N) is 1. The summed E-state index contributed by atoms with van der Waals surface area (Å²) in [4.78, 5) is 15.8. The summed E-state index contributed by atoms with van der Waals surface area (Å²) in [7, 11) is 4.71. The Balaban J connectivity index is 1.55. The molecular weight excluding hydrogens is 422 g/mol. The molecule has 1 aliphatic rings. The van der Waals surface area contributed by atoms with Crippen molar-refractivity contribution >= 4 is 17.5 Å². The molecule has 0 saturated carbocycles. The van der Waals surface area contributed by atoms with Crippen LogP contribution in [-0.4, -0.2) is 60.6 Å². The van der Waals surface area contributed by atoms with E-state index >= 15 is 0 Å². The Labute approximate surface area is 193 Å². The number of aromatic nitrogens is 3. The van der Waals surface area contributed by atoms with Crippen LogP contribution in [0, 0.1) is 0 Å². The third-order valence-electron chi connectivity index (χ3n) is 5.75. The maximum Gasteiger partial charge on any atom is 0.227 e. The summed E-state index contributed by atoms with van der Waals surface area (Å²) in [5, 5.41) is 12.9. The maximum absolute atomic E-state index is 9.69. The molecule has 1 aromatic carbocycles. The van der Waals surface area contributed by atoms with Gasteiger partial charge in [0.05, 0.1) is 39.7 Å². The Morgan fingerprint density at radius 2 is 1.82 bits per heavy atom. The zero-order valence-electron chi connectivity index (χ0n) is 19.1. The lowest BCUT2D eigenvalue weighted by atomic mass is 10.0. The predicted molar refractivity (Wildman–Crippen MR) is 127 cm³/mol. The van der Waals surface area contributed by atoms with Gasteiger partial charge in [-0.15, -0.1) is 0 Å². The van der Waals surface area contributed by atoms with Crippen molar-refractivity contribution in [2.45, 2.75) is 25.3 Å². The summed E-state index contributed by atoms with van der Waals surface area (Å²) in [6, 6.07) is 9.54. The molecule has 1 saturated heterocycles. The number of hydrogen-bond donors (Lipinski definition) is 2. The topological polar surface area (TPSA) is 102 Å². The molecule has 3 aromatic rings. The van der Waals surface area contributed by atoms with Crippen LogP contribution in [0.25, 0.3) is 11.3 Å². The number of aliphatic hydroxyl groups is 1. The number of piperidine rings is 1. The van der Waals surface area contributed by atoms with Gasteiger partial charge in [0.25, 0.3) is 0 Å². The summed E-state index contributed by atoms with van der Waals surface area (Å²) in [5.74, 6) is 2.90. The van der Waals surface area contributed by atoms with Crippen LogP contribution in [0.5, 0.6) is 17.2 Å². The van der Waals surface area contributed by atoms with Gasteiger partial charge in [0.1, 0.15) is 5.82 Å². The first kappa shape index (κ1) is 22.6. The highest BCUT2D eigenvalue weighted by Gasteiger charge is 2.22. The van der Waals surface area contributed by atoms with E-state index in [-0.39, 0.29) is 12.6 Å². The Hall–Kier alpha value is -3.59. The van der Waals surface area contributed by atoms with Gasteiger partial charge in [-0.1, -0.05) is 0 Å². The van der Waals surface area contributed by atoms with Crippen molar-refractivity contribution in [3.63, 3.8) is 0 Å². The molecule has 9 nitrogen and oxygen atoms in total. The molecule has 0 amide bonds. The van der Waals surface area contributed by atoms with E-state index in [4.69, 9.17) is 14.2 Å². The number of methoxy groups -OCH3 is 3. The number of nitrogens with zero attached hydrogens (tertiary/aromatic N) is 4. The minimum atomic E-state index is 0.130. The second kappa shape index (κ2) is 10.4. The SMILES string of the molecule is COc1cc(Nc2nccc(-c3ccc(N4CCCCC4CO)nc3)n2)cc(OC)c1OC. The van der Waals surface area contributed by atoms with Gasteiger partial charge in [0, 0.05) is 42.3 Å². The van der Waals surface area contributed by atoms with Crippen LogP contribution in [-0.2, 0) is 0 Å². The number of pyridine rings is 1. The first-order chi connectivity index (χ1) is 16.2. The molecular formula is C24H29N5O4. The maximum atomic E-state index is 9.69. The molecule has 0 spiro atoms. The van der Waals surface area contributed by atoms with Gasteiger partial charge in [0.2, 0.25) is 11.7 Å². The summed E-state index contributed by atoms with van der Waals surface area (Å²) in [6.07, 6.45) is 6.75. The fourth-order valence-electron chi connectivity index (χ4n) is 4.06. The molecule has 2 aromatic heterocycles. The van der Waals surface area contributed by atoms with E-state index in [9.17, 15) is 5.11 Å². The van der Waals surface area contributed by atoms with Crippen molar-refractivity contribution in [1.29, 1.82) is 0 Å². The van der Waals surface area contributed by atoms with Crippen molar-refractivity contribution < 1.29 is 19.3 Å². The lowest BCUT2D eigenvalue weighted by Gasteiger charge is -2.35. The molecule has 1 aliphatic heterocycles. The third kappa shape index (κ3) is 4.93. The first-order valence-electron chi connectivity index (χ1n) is 10.9. The fraction of sp³-hybridized carbons (Fsp3) is 0.375. The Bertz CT molecular complexity index is 1050. The largest absolute Gasteiger partial charge is 0.493 e. The molecule has 0 aliphatic carbocycles. The highest BCUT2D eigenvalue weighted by Crippen LogP contribution is 2.40. The second-order valence-electron chi connectivity index (χ2n) is 7.74. The Kier molecular flexibility index (Phi) is 7.09. The average molecular weight is 452 g/mol. The quantitative estimate of drug-likeness (QED) is 0.531. The van der Waals surface area contributed by atoms with Gasteiger partial charge < -0.3 is 29.5 Å². The molecule has 9 heteroatoms. The normalized spacial score (nSPS) is 15.8. The molecule has 1 unspecified atom stereocenters. The average Bonchev–Trinajstić information content (AvgIpc) is 2.88. The number of rotatable bonds is 8. The van der Waals surface area contributed by atoms with Crippen LogP contribution in [0.3, 0.4) is 0 Å². The molecule has 0 radical (unpaired) electrons. The van der Waals surface area contributed by atoms with Gasteiger partial charge in [-0.2, -0.15) is 0 Å². The van der Waals surface area contributed by atoms with Crippen LogP contribution in [0.4, 0.5) is 17.5 Å². The van der Waals surface area contributed by atoms with Crippen LogP contribution in [0.1, 0.15) is 19.3 Å². The first-order valence-corrected chi connectivity index (χ1v) is 10.9. The van der Waals surface area contributed by atoms with E-state index in [0.29, 0.717) is 28.9 Å². The summed E-state index contributed by atoms with van der Waals surface area (Å²) >= 11 is 0. The molecule has 3 heterocycles. The van der Waals surface area contributed by atoms with Crippen molar-refractivity contribution in [2.75, 3.05) is 44.7 Å². The Morgan fingerprint density at radius 3 is 2.45 bits per heavy atom. The third-order valence-corrected chi connectivity index (χ3v) is 5.75. The molecule has 1 atom stereocenters. The lowest BCUT2D eigenvalue weighted by molar-refractivity contribution is 0.239. The molecule has 174 valence electrons. The van der Waals surface area contributed by atoms with Crippen LogP contribution < -0.4 is 24.4 Å². The van der Waals surface area contributed by atoms with Gasteiger partial charge in [0.15, 0.2) is 11.5 Å². The van der Waals surface area contributed by atoms with Crippen LogP contribution >= 0.6 is 0 Å². The smallest absolute Gasteiger partial charge is 0.227 e. The second-order valence-corrected chi connectivity index (χ2v) is 7.74. The minimum absolute atomic E-state index is 0.130. The molecule has 0 bridgehead atoms. The molecule has 2 N–H and O–H groups in total. The van der Waals surface area contributed by atoms with Gasteiger partial charge in [-0.05, 0) is 37.5 Å². The summed E-state index contributed by atoms with van der Waals surface area (Å²) in [5.41, 5.74) is 2.33. The van der Waals surface area contributed by atoms with E-state index in [1.54, 1.807) is 39.7 Å². The van der Waals surface area contributed by atoms with E-state index in [1.165, 1.54) is 0 Å². The highest BCUT2D eigenvalue weighted by molar-refractivity contribution is 5.67. The van der Waals surface area contributed by atoms with Gasteiger partial charge >= 0.3 is 0 Å². The van der Waals surface area contributed by atoms with Crippen molar-refractivity contribution in [2.24, 2.45) is 0 Å². The van der Waals surface area contributed by atoms with E-state index in [1.807, 2.05) is 24.4 Å². The highest BCUT2D eigenvalue weighted by atomic mass is 16.5. The number of aliphatic hydroxyl groups excluding tert-OH is 1. The number of hydrogen-bond acceptors (Lipinski definition) is 9. The predicted octanol–water partition coefficient (Wildman–Crippen LogP) is 3.66. The van der Waals surface area contributed by atoms with Gasteiger partial charge in [-0.25, -0.2) is 15.0 Å². The fourth-order valence-corrected chi connectivity index (χ4v) is 4.06. The number of ether oxygens (including phenoxy) is 3. The zero-order valence-corrected chi connectivity index (χ0v) is 19.1. The summed E-state index contributed by atoms with van der Waals surface area (Å²) in [6.45, 7) is 1.05. The standard InChI is InChI=1S/C24H29N5O4/c1-31-20-12-17(13-21(32-2)23(20)33-3)27-24-25-10-9-19(28-24)16-7-8-22(26-14-16)29-11-5-4-6-18(29)15-30/h7-10,12-14,18,30H,4-6,11,15H2,1-3H3,(H,25,27,28). The lowest BCUT2D eigenvalue weighted by Crippen LogP contribution is -2.42. The van der Waals surface area contributed by atoms with Crippen molar-refractivity contribution in [3.05, 3.63) is 42.7 Å². The monoisotopic (exact) mass is 451 g/mol. The number of benzene rings is 1. The van der Waals surface area contributed by atoms with Crippen LogP contribution in [0.15, 0.2) is 42.7 Å². The van der Waals surface area contributed by atoms with E-state index < -0.39 is 0 Å². The molecule has 1 fully saturated rings. The van der Waals surface area contributed by atoms with Crippen molar-refractivity contribution in [3.8, 4) is 28.5 Å². The number of anilines is 3. The van der Waals surface area contributed by atoms with Gasteiger partial charge in [-0.3, -0.25) is 0 Å². The van der Waals surface area contributed by atoms with E-state index in [2.05, 4.69) is 25.2 Å². The Morgan fingerprint density at radius 1 is 1.03 bits per heavy atom. The molecule has 33 heavy (non-hydrogen) atoms. The minimum Gasteiger partial charge on any atom is -0.493 e. The zero-order chi connectivity index (χ0) is 23.2. The molecule has 4 rings (SSSR count). The van der Waals surface area contributed by atoms with Crippen molar-refractivity contribution in [1.82, 2.24) is 15.0 Å². The summed E-state index contributed by atoms with van der Waals surface area (Å²) < 4.78 is 16.2. The van der Waals surface area contributed by atoms with E-state index in [0.717, 1.165) is 42.9 Å².